The predicted octanol–water partition coefficient (Wildman–Crippen LogP) is 2.50. The van der Waals surface area contributed by atoms with Gasteiger partial charge in [0.15, 0.2) is 5.13 Å². The number of thiazole rings is 1. The van der Waals surface area contributed by atoms with Crippen LogP contribution in [0.4, 0.5) is 5.13 Å². The van der Waals surface area contributed by atoms with Gasteiger partial charge in [0, 0.05) is 31.6 Å². The van der Waals surface area contributed by atoms with Crippen LogP contribution < -0.4 is 10.2 Å². The molecular formula is C13H25N3OS. The van der Waals surface area contributed by atoms with Crippen LogP contribution >= 0.6 is 11.3 Å². The molecule has 4 nitrogen and oxygen atoms in total. The highest BCUT2D eigenvalue weighted by atomic mass is 32.1. The van der Waals surface area contributed by atoms with E-state index in [1.807, 2.05) is 7.05 Å². The number of hydrogen-bond acceptors (Lipinski definition) is 5. The van der Waals surface area contributed by atoms with Crippen LogP contribution in [-0.2, 0) is 11.3 Å². The molecule has 0 aliphatic rings. The zero-order chi connectivity index (χ0) is 13.4. The van der Waals surface area contributed by atoms with Gasteiger partial charge in [-0.1, -0.05) is 13.8 Å². The smallest absolute Gasteiger partial charge is 0.185 e. The Kier molecular flexibility index (Phi) is 7.23. The molecule has 18 heavy (non-hydrogen) atoms. The molecule has 1 aromatic heterocycles. The van der Waals surface area contributed by atoms with Gasteiger partial charge in [-0.15, -0.1) is 11.3 Å². The fraction of sp³-hybridized carbons (Fsp3) is 0.769. The Balaban J connectivity index is 2.78. The van der Waals surface area contributed by atoms with Crippen LogP contribution in [0.25, 0.3) is 0 Å². The van der Waals surface area contributed by atoms with Crippen molar-refractivity contribution < 1.29 is 4.74 Å². The molecule has 1 rings (SSSR count). The van der Waals surface area contributed by atoms with Gasteiger partial charge in [-0.05, 0) is 19.9 Å². The normalized spacial score (nSPS) is 11.2. The average Bonchev–Trinajstić information content (AvgIpc) is 2.83. The van der Waals surface area contributed by atoms with Gasteiger partial charge in [-0.25, -0.2) is 4.98 Å². The first kappa shape index (κ1) is 15.4. The number of nitrogens with one attached hydrogen (secondary N) is 1. The lowest BCUT2D eigenvalue weighted by molar-refractivity contribution is 0.202. The number of aromatic nitrogens is 1. The van der Waals surface area contributed by atoms with E-state index >= 15 is 0 Å². The summed E-state index contributed by atoms with van der Waals surface area (Å²) in [4.78, 5) is 7.08. The van der Waals surface area contributed by atoms with E-state index in [1.54, 1.807) is 18.4 Å². The van der Waals surface area contributed by atoms with Crippen molar-refractivity contribution >= 4 is 16.5 Å². The first-order chi connectivity index (χ1) is 8.76. The first-order valence-corrected chi connectivity index (χ1v) is 7.49. The molecule has 0 saturated carbocycles. The van der Waals surface area contributed by atoms with Crippen molar-refractivity contribution in [3.63, 3.8) is 0 Å². The number of rotatable bonds is 9. The van der Waals surface area contributed by atoms with Gasteiger partial charge in [-0.2, -0.15) is 0 Å². The monoisotopic (exact) mass is 271 g/mol. The van der Waals surface area contributed by atoms with Gasteiger partial charge in [0.25, 0.3) is 0 Å². The van der Waals surface area contributed by atoms with Gasteiger partial charge >= 0.3 is 0 Å². The summed E-state index contributed by atoms with van der Waals surface area (Å²) in [5.41, 5.74) is 1.12. The van der Waals surface area contributed by atoms with Crippen molar-refractivity contribution in [2.24, 2.45) is 0 Å². The van der Waals surface area contributed by atoms with Crippen molar-refractivity contribution in [2.45, 2.75) is 39.3 Å². The van der Waals surface area contributed by atoms with Crippen LogP contribution in [-0.4, -0.2) is 38.3 Å². The lowest BCUT2D eigenvalue weighted by Gasteiger charge is -2.29. The second-order valence-corrected chi connectivity index (χ2v) is 5.14. The molecule has 0 aromatic carbocycles. The summed E-state index contributed by atoms with van der Waals surface area (Å²) in [5.74, 6) is 0. The quantitative estimate of drug-likeness (QED) is 0.749. The largest absolute Gasteiger partial charge is 0.383 e. The Labute approximate surface area is 114 Å². The van der Waals surface area contributed by atoms with E-state index in [0.29, 0.717) is 6.04 Å². The fourth-order valence-electron chi connectivity index (χ4n) is 2.04. The zero-order valence-corrected chi connectivity index (χ0v) is 12.7. The van der Waals surface area contributed by atoms with Gasteiger partial charge < -0.3 is 15.0 Å². The molecule has 0 spiro atoms. The van der Waals surface area contributed by atoms with Crippen molar-refractivity contribution in [1.82, 2.24) is 10.3 Å². The van der Waals surface area contributed by atoms with Crippen molar-refractivity contribution in [3.8, 4) is 0 Å². The van der Waals surface area contributed by atoms with Crippen molar-refractivity contribution in [1.29, 1.82) is 0 Å². The molecule has 0 aliphatic carbocycles. The molecule has 1 aromatic rings. The summed E-state index contributed by atoms with van der Waals surface area (Å²) in [6.07, 6.45) is 2.28. The van der Waals surface area contributed by atoms with E-state index in [2.05, 4.69) is 29.4 Å². The maximum atomic E-state index is 5.21. The minimum atomic E-state index is 0.550. The second-order valence-electron chi connectivity index (χ2n) is 4.31. The molecule has 104 valence electrons. The van der Waals surface area contributed by atoms with E-state index in [-0.39, 0.29) is 0 Å². The minimum absolute atomic E-state index is 0.550. The summed E-state index contributed by atoms with van der Waals surface area (Å²) in [6, 6.07) is 0.550. The third-order valence-corrected chi connectivity index (χ3v) is 3.99. The Morgan fingerprint density at radius 1 is 1.44 bits per heavy atom. The van der Waals surface area contributed by atoms with E-state index < -0.39 is 0 Å². The topological polar surface area (TPSA) is 37.4 Å². The summed E-state index contributed by atoms with van der Waals surface area (Å²) >= 11 is 1.73. The summed E-state index contributed by atoms with van der Waals surface area (Å²) < 4.78 is 5.21. The predicted molar refractivity (Wildman–Crippen MR) is 78.5 cm³/mol. The molecule has 0 fully saturated rings. The molecule has 0 amide bonds. The molecule has 0 aliphatic heterocycles. The number of hydrogen-bond donors (Lipinski definition) is 1. The molecule has 1 heterocycles. The molecule has 0 saturated heterocycles. The van der Waals surface area contributed by atoms with Crippen molar-refractivity contribution in [3.05, 3.63) is 11.1 Å². The fourth-order valence-corrected chi connectivity index (χ4v) is 2.97. The zero-order valence-electron chi connectivity index (χ0n) is 11.9. The number of anilines is 1. The van der Waals surface area contributed by atoms with Gasteiger partial charge in [0.1, 0.15) is 0 Å². The third-order valence-electron chi connectivity index (χ3n) is 3.06. The molecule has 1 N–H and O–H groups in total. The van der Waals surface area contributed by atoms with E-state index in [1.165, 1.54) is 0 Å². The Morgan fingerprint density at radius 3 is 2.72 bits per heavy atom. The Hall–Kier alpha value is -0.650. The third kappa shape index (κ3) is 4.23. The highest BCUT2D eigenvalue weighted by Gasteiger charge is 2.18. The number of nitrogens with zero attached hydrogens (tertiary/aromatic N) is 2. The maximum Gasteiger partial charge on any atom is 0.185 e. The molecule has 0 atom stereocenters. The van der Waals surface area contributed by atoms with Gasteiger partial charge in [0.05, 0.1) is 12.3 Å². The lowest BCUT2D eigenvalue weighted by Crippen LogP contribution is -2.37. The van der Waals surface area contributed by atoms with E-state index in [4.69, 9.17) is 9.72 Å². The number of methoxy groups -OCH3 is 1. The van der Waals surface area contributed by atoms with Crippen LogP contribution in [0.15, 0.2) is 5.38 Å². The van der Waals surface area contributed by atoms with Crippen LogP contribution in [0.2, 0.25) is 0 Å². The van der Waals surface area contributed by atoms with Gasteiger partial charge in [0.2, 0.25) is 0 Å². The second kappa shape index (κ2) is 8.45. The minimum Gasteiger partial charge on any atom is -0.383 e. The lowest BCUT2D eigenvalue weighted by atomic mass is 10.1. The first-order valence-electron chi connectivity index (χ1n) is 6.61. The number of ether oxygens (including phenoxy) is 1. The van der Waals surface area contributed by atoms with E-state index in [0.717, 1.165) is 43.4 Å². The Bertz CT molecular complexity index is 326. The molecular weight excluding hydrogens is 246 g/mol. The van der Waals surface area contributed by atoms with Crippen LogP contribution in [0.5, 0.6) is 0 Å². The average molecular weight is 271 g/mol. The van der Waals surface area contributed by atoms with E-state index in [9.17, 15) is 0 Å². The van der Waals surface area contributed by atoms with Crippen LogP contribution in [0, 0.1) is 0 Å². The highest BCUT2D eigenvalue weighted by Crippen LogP contribution is 2.24. The molecule has 0 unspecified atom stereocenters. The standard InChI is InChI=1S/C13H25N3OS/c1-5-12(6-2)16(7-8-17-4)13-15-11(9-14-3)10-18-13/h10,12,14H,5-9H2,1-4H3. The summed E-state index contributed by atoms with van der Waals surface area (Å²) in [7, 11) is 3.70. The summed E-state index contributed by atoms with van der Waals surface area (Å²) in [6.45, 7) is 6.95. The molecule has 0 radical (unpaired) electrons. The van der Waals surface area contributed by atoms with Crippen LogP contribution in [0.1, 0.15) is 32.4 Å². The van der Waals surface area contributed by atoms with Crippen LogP contribution in [0.3, 0.4) is 0 Å². The molecule has 5 heteroatoms. The molecule has 0 bridgehead atoms. The summed E-state index contributed by atoms with van der Waals surface area (Å²) in [5, 5.41) is 6.39. The highest BCUT2D eigenvalue weighted by molar-refractivity contribution is 7.13. The SMILES string of the molecule is CCC(CC)N(CCOC)c1nc(CNC)cs1. The van der Waals surface area contributed by atoms with Gasteiger partial charge in [-0.3, -0.25) is 0 Å². The Morgan fingerprint density at radius 2 is 2.17 bits per heavy atom. The maximum absolute atomic E-state index is 5.21. The van der Waals surface area contributed by atoms with Crippen molar-refractivity contribution in [2.75, 3.05) is 32.2 Å².